The molecular weight excluding hydrogens is 164 g/mol. The Labute approximate surface area is 67.7 Å². The molecule has 0 bridgehead atoms. The van der Waals surface area contributed by atoms with E-state index in [-0.39, 0.29) is 18.2 Å². The van der Waals surface area contributed by atoms with E-state index in [4.69, 9.17) is 0 Å². The Hall–Kier alpha value is -0.840. The molecule has 0 radical (unpaired) electrons. The Kier molecular flexibility index (Phi) is 1.45. The molecule has 4 nitrogen and oxygen atoms in total. The third-order valence-corrected chi connectivity index (χ3v) is 2.56. The monoisotopic (exact) mass is 170 g/mol. The number of aliphatic imine (C=N–C) groups is 1. The van der Waals surface area contributed by atoms with Crippen LogP contribution in [-0.4, -0.2) is 34.2 Å². The highest BCUT2D eigenvalue weighted by atomic mass is 32.2. The largest absolute Gasteiger partial charge is 0.290 e. The van der Waals surface area contributed by atoms with Crippen LogP contribution >= 0.6 is 11.8 Å². The van der Waals surface area contributed by atoms with E-state index in [1.165, 1.54) is 11.8 Å². The molecule has 0 N–H and O–H groups in total. The van der Waals surface area contributed by atoms with Crippen molar-refractivity contribution in [2.45, 2.75) is 6.42 Å². The van der Waals surface area contributed by atoms with Crippen LogP contribution in [0.4, 0.5) is 0 Å². The zero-order valence-electron chi connectivity index (χ0n) is 5.74. The van der Waals surface area contributed by atoms with E-state index in [0.717, 1.165) is 5.75 Å². The van der Waals surface area contributed by atoms with Gasteiger partial charge < -0.3 is 0 Å². The summed E-state index contributed by atoms with van der Waals surface area (Å²) in [5.74, 6) is 0.443. The fourth-order valence-corrected chi connectivity index (χ4v) is 2.07. The Balaban J connectivity index is 2.34. The number of amides is 2. The second-order valence-corrected chi connectivity index (χ2v) is 3.42. The minimum Gasteiger partial charge on any atom is -0.290 e. The summed E-state index contributed by atoms with van der Waals surface area (Å²) in [6, 6.07) is 0. The lowest BCUT2D eigenvalue weighted by Crippen LogP contribution is -2.36. The van der Waals surface area contributed by atoms with Gasteiger partial charge in [0.05, 0.1) is 0 Å². The maximum atomic E-state index is 11.1. The second kappa shape index (κ2) is 2.34. The van der Waals surface area contributed by atoms with Gasteiger partial charge in [0.15, 0.2) is 5.17 Å². The first-order valence-corrected chi connectivity index (χ1v) is 4.30. The zero-order valence-corrected chi connectivity index (χ0v) is 6.56. The summed E-state index contributed by atoms with van der Waals surface area (Å²) >= 11 is 1.47. The molecule has 2 amide bonds. The summed E-state index contributed by atoms with van der Waals surface area (Å²) < 4.78 is 0. The summed E-state index contributed by atoms with van der Waals surface area (Å²) in [4.78, 5) is 27.2. The van der Waals surface area contributed by atoms with Gasteiger partial charge in [-0.1, -0.05) is 11.8 Å². The van der Waals surface area contributed by atoms with Gasteiger partial charge in [0.25, 0.3) is 5.91 Å². The lowest BCUT2D eigenvalue weighted by Gasteiger charge is -2.17. The van der Waals surface area contributed by atoms with E-state index in [1.54, 1.807) is 4.90 Å². The molecule has 2 heterocycles. The van der Waals surface area contributed by atoms with Crippen LogP contribution in [0.25, 0.3) is 0 Å². The number of thioether (sulfide) groups is 1. The molecule has 5 heteroatoms. The van der Waals surface area contributed by atoms with Crippen LogP contribution in [0.3, 0.4) is 0 Å². The minimum atomic E-state index is -0.310. The van der Waals surface area contributed by atoms with Crippen molar-refractivity contribution in [2.75, 3.05) is 12.3 Å². The normalized spacial score (nSPS) is 23.6. The number of hydrogen-bond donors (Lipinski definition) is 0. The summed E-state index contributed by atoms with van der Waals surface area (Å²) in [5.41, 5.74) is 0. The van der Waals surface area contributed by atoms with Crippen molar-refractivity contribution >= 4 is 28.7 Å². The standard InChI is InChI=1S/C6H6N2O2S/c9-4-3-5(10)8-1-2-11-6(8)7-4/h1-3H2. The van der Waals surface area contributed by atoms with Crippen LogP contribution in [0.2, 0.25) is 0 Å². The molecule has 0 unspecified atom stereocenters. The molecule has 2 aliphatic heterocycles. The maximum Gasteiger partial charge on any atom is 0.257 e. The molecule has 58 valence electrons. The van der Waals surface area contributed by atoms with E-state index in [1.807, 2.05) is 0 Å². The average molecular weight is 170 g/mol. The Morgan fingerprint density at radius 1 is 1.45 bits per heavy atom. The summed E-state index contributed by atoms with van der Waals surface area (Å²) in [7, 11) is 0. The summed E-state index contributed by atoms with van der Waals surface area (Å²) in [6.45, 7) is 0.704. The van der Waals surface area contributed by atoms with Crippen LogP contribution in [0.15, 0.2) is 4.99 Å². The first-order chi connectivity index (χ1) is 5.27. The highest BCUT2D eigenvalue weighted by Crippen LogP contribution is 2.22. The quantitative estimate of drug-likeness (QED) is 0.475. The molecule has 0 aromatic carbocycles. The van der Waals surface area contributed by atoms with Crippen molar-refractivity contribution in [3.8, 4) is 0 Å². The van der Waals surface area contributed by atoms with Gasteiger partial charge in [-0.2, -0.15) is 4.99 Å². The zero-order chi connectivity index (χ0) is 7.84. The molecule has 2 rings (SSSR count). The van der Waals surface area contributed by atoms with Gasteiger partial charge in [0.1, 0.15) is 6.42 Å². The van der Waals surface area contributed by atoms with E-state index < -0.39 is 0 Å². The molecule has 0 atom stereocenters. The highest BCUT2D eigenvalue weighted by Gasteiger charge is 2.31. The van der Waals surface area contributed by atoms with Crippen LogP contribution in [0, 0.1) is 0 Å². The number of carbonyl (C=O) groups is 2. The van der Waals surface area contributed by atoms with Crippen molar-refractivity contribution in [1.29, 1.82) is 0 Å². The first-order valence-electron chi connectivity index (χ1n) is 3.32. The Morgan fingerprint density at radius 3 is 3.09 bits per heavy atom. The molecule has 1 fully saturated rings. The lowest BCUT2D eigenvalue weighted by molar-refractivity contribution is -0.132. The number of fused-ring (bicyclic) bond motifs is 1. The molecule has 0 spiro atoms. The smallest absolute Gasteiger partial charge is 0.257 e. The number of carbonyl (C=O) groups excluding carboxylic acids is 2. The number of nitrogens with zero attached hydrogens (tertiary/aromatic N) is 2. The van der Waals surface area contributed by atoms with Crippen molar-refractivity contribution in [1.82, 2.24) is 4.90 Å². The first kappa shape index (κ1) is 6.84. The van der Waals surface area contributed by atoms with Gasteiger partial charge in [0, 0.05) is 12.3 Å². The fourth-order valence-electron chi connectivity index (χ4n) is 1.10. The molecule has 11 heavy (non-hydrogen) atoms. The molecule has 0 aromatic rings. The van der Waals surface area contributed by atoms with Crippen molar-refractivity contribution in [3.05, 3.63) is 0 Å². The average Bonchev–Trinajstić information content (AvgIpc) is 2.34. The Bertz CT molecular complexity index is 261. The van der Waals surface area contributed by atoms with Gasteiger partial charge >= 0.3 is 0 Å². The third-order valence-electron chi connectivity index (χ3n) is 1.60. The molecule has 2 aliphatic rings. The van der Waals surface area contributed by atoms with Gasteiger partial charge in [-0.3, -0.25) is 14.5 Å². The molecule has 1 saturated heterocycles. The molecular formula is C6H6N2O2S. The van der Waals surface area contributed by atoms with Gasteiger partial charge in [0.2, 0.25) is 5.91 Å². The molecule has 0 saturated carbocycles. The lowest BCUT2D eigenvalue weighted by atomic mass is 10.3. The van der Waals surface area contributed by atoms with Crippen LogP contribution in [0.5, 0.6) is 0 Å². The van der Waals surface area contributed by atoms with Gasteiger partial charge in [-0.25, -0.2) is 0 Å². The van der Waals surface area contributed by atoms with Crippen LogP contribution in [-0.2, 0) is 9.59 Å². The van der Waals surface area contributed by atoms with Crippen LogP contribution < -0.4 is 0 Å². The van der Waals surface area contributed by atoms with Gasteiger partial charge in [-0.05, 0) is 0 Å². The third kappa shape index (κ3) is 1.05. The van der Waals surface area contributed by atoms with Crippen molar-refractivity contribution in [3.63, 3.8) is 0 Å². The SMILES string of the molecule is O=C1CC(=O)N2CCSC2=N1. The van der Waals surface area contributed by atoms with Crippen molar-refractivity contribution in [2.24, 2.45) is 4.99 Å². The van der Waals surface area contributed by atoms with Crippen molar-refractivity contribution < 1.29 is 9.59 Å². The number of hydrogen-bond acceptors (Lipinski definition) is 3. The van der Waals surface area contributed by atoms with Crippen LogP contribution in [0.1, 0.15) is 6.42 Å². The highest BCUT2D eigenvalue weighted by molar-refractivity contribution is 8.14. The summed E-state index contributed by atoms with van der Waals surface area (Å²) in [5, 5.41) is 0.589. The van der Waals surface area contributed by atoms with E-state index in [2.05, 4.69) is 4.99 Å². The fraction of sp³-hybridized carbons (Fsp3) is 0.500. The second-order valence-electron chi connectivity index (χ2n) is 2.36. The minimum absolute atomic E-state index is 0.0515. The maximum absolute atomic E-state index is 11.1. The van der Waals surface area contributed by atoms with E-state index in [9.17, 15) is 9.59 Å². The van der Waals surface area contributed by atoms with E-state index >= 15 is 0 Å². The molecule has 0 aromatic heterocycles. The van der Waals surface area contributed by atoms with E-state index in [0.29, 0.717) is 11.7 Å². The number of amidine groups is 1. The van der Waals surface area contributed by atoms with Gasteiger partial charge in [-0.15, -0.1) is 0 Å². The summed E-state index contributed by atoms with van der Waals surface area (Å²) in [6.07, 6.45) is -0.0515. The molecule has 0 aliphatic carbocycles. The number of rotatable bonds is 0. The Morgan fingerprint density at radius 2 is 2.27 bits per heavy atom. The predicted octanol–water partition coefficient (Wildman–Crippen LogP) is -0.152. The predicted molar refractivity (Wildman–Crippen MR) is 41.2 cm³/mol. The topological polar surface area (TPSA) is 49.7 Å².